The molecule has 21 heavy (non-hydrogen) atoms. The first kappa shape index (κ1) is 15.9. The van der Waals surface area contributed by atoms with E-state index in [1.165, 1.54) is 5.56 Å². The first-order valence-electron chi connectivity index (χ1n) is 7.26. The van der Waals surface area contributed by atoms with Crippen molar-refractivity contribution in [1.82, 2.24) is 9.88 Å². The van der Waals surface area contributed by atoms with Gasteiger partial charge in [0, 0.05) is 37.9 Å². The minimum Gasteiger partial charge on any atom is -0.395 e. The van der Waals surface area contributed by atoms with Gasteiger partial charge < -0.3 is 10.4 Å². The van der Waals surface area contributed by atoms with E-state index >= 15 is 0 Å². The summed E-state index contributed by atoms with van der Waals surface area (Å²) in [6.45, 7) is 3.92. The Hall–Kier alpha value is -1.43. The van der Waals surface area contributed by atoms with E-state index in [9.17, 15) is 5.11 Å². The Morgan fingerprint density at radius 3 is 2.86 bits per heavy atom. The minimum atomic E-state index is 0.162. The van der Waals surface area contributed by atoms with Gasteiger partial charge in [-0.15, -0.1) is 0 Å². The van der Waals surface area contributed by atoms with Crippen LogP contribution >= 0.6 is 11.3 Å². The van der Waals surface area contributed by atoms with Crippen LogP contribution in [0.5, 0.6) is 0 Å². The van der Waals surface area contributed by atoms with Crippen LogP contribution in [0.15, 0.2) is 35.2 Å². The van der Waals surface area contributed by atoms with E-state index in [2.05, 4.69) is 45.0 Å². The van der Waals surface area contributed by atoms with Crippen LogP contribution in [0.25, 0.3) is 0 Å². The molecule has 4 nitrogen and oxygen atoms in total. The molecule has 0 aromatic carbocycles. The number of rotatable bonds is 8. The molecule has 114 valence electrons. The van der Waals surface area contributed by atoms with Crippen LogP contribution in [-0.2, 0) is 13.1 Å². The van der Waals surface area contributed by atoms with Gasteiger partial charge in [-0.05, 0) is 34.9 Å². The molecule has 2 aromatic heterocycles. The van der Waals surface area contributed by atoms with Crippen LogP contribution in [0.2, 0.25) is 0 Å². The molecular formula is C16H23N3OS. The van der Waals surface area contributed by atoms with Crippen LogP contribution in [0.3, 0.4) is 0 Å². The maximum Gasteiger partial charge on any atom is 0.130 e. The molecule has 0 bridgehead atoms. The van der Waals surface area contributed by atoms with Gasteiger partial charge in [0.05, 0.1) is 6.61 Å². The van der Waals surface area contributed by atoms with Crippen molar-refractivity contribution in [1.29, 1.82) is 0 Å². The van der Waals surface area contributed by atoms with E-state index in [0.29, 0.717) is 0 Å². The van der Waals surface area contributed by atoms with Crippen molar-refractivity contribution in [2.75, 3.05) is 19.0 Å². The molecule has 0 aliphatic heterocycles. The fourth-order valence-electron chi connectivity index (χ4n) is 2.44. The monoisotopic (exact) mass is 305 g/mol. The third-order valence-corrected chi connectivity index (χ3v) is 4.40. The van der Waals surface area contributed by atoms with Crippen molar-refractivity contribution in [2.45, 2.75) is 32.5 Å². The third kappa shape index (κ3) is 4.27. The highest BCUT2D eigenvalue weighted by Crippen LogP contribution is 2.20. The number of aliphatic hydroxyl groups excluding tert-OH is 1. The molecule has 1 atom stereocenters. The predicted molar refractivity (Wildman–Crippen MR) is 88.5 cm³/mol. The van der Waals surface area contributed by atoms with Gasteiger partial charge in [-0.2, -0.15) is 11.3 Å². The van der Waals surface area contributed by atoms with Crippen LogP contribution in [-0.4, -0.2) is 34.7 Å². The van der Waals surface area contributed by atoms with E-state index in [4.69, 9.17) is 0 Å². The third-order valence-electron chi connectivity index (χ3n) is 3.67. The average molecular weight is 305 g/mol. The molecular weight excluding hydrogens is 282 g/mol. The Morgan fingerprint density at radius 1 is 1.38 bits per heavy atom. The summed E-state index contributed by atoms with van der Waals surface area (Å²) in [5.74, 6) is 0.903. The number of pyridine rings is 1. The average Bonchev–Trinajstić information content (AvgIpc) is 3.02. The van der Waals surface area contributed by atoms with Gasteiger partial charge in [0.15, 0.2) is 0 Å². The second-order valence-corrected chi connectivity index (χ2v) is 5.82. The maximum atomic E-state index is 9.66. The molecule has 0 amide bonds. The summed E-state index contributed by atoms with van der Waals surface area (Å²) < 4.78 is 0. The zero-order chi connectivity index (χ0) is 15.1. The number of thiophene rings is 1. The topological polar surface area (TPSA) is 48.4 Å². The molecule has 0 aliphatic rings. The molecule has 0 spiro atoms. The minimum absolute atomic E-state index is 0.162. The van der Waals surface area contributed by atoms with Crippen molar-refractivity contribution >= 4 is 17.2 Å². The van der Waals surface area contributed by atoms with Gasteiger partial charge >= 0.3 is 0 Å². The SMILES string of the molecule is CC[C@@H](CO)N(Cc1ccsc1)Cc1cccnc1NC. The van der Waals surface area contributed by atoms with Gasteiger partial charge in [0.1, 0.15) is 5.82 Å². The summed E-state index contributed by atoms with van der Waals surface area (Å²) in [6, 6.07) is 6.35. The van der Waals surface area contributed by atoms with E-state index in [1.807, 2.05) is 13.1 Å². The Bertz CT molecular complexity index is 526. The molecule has 2 rings (SSSR count). The highest BCUT2D eigenvalue weighted by atomic mass is 32.1. The smallest absolute Gasteiger partial charge is 0.130 e. The number of anilines is 1. The number of hydrogen-bond donors (Lipinski definition) is 2. The number of nitrogens with one attached hydrogen (secondary N) is 1. The molecule has 0 saturated carbocycles. The lowest BCUT2D eigenvalue weighted by atomic mass is 10.1. The number of aromatic nitrogens is 1. The van der Waals surface area contributed by atoms with E-state index in [0.717, 1.165) is 30.9 Å². The molecule has 0 unspecified atom stereocenters. The standard InChI is InChI=1S/C16H23N3OS/c1-3-15(11-20)19(9-13-6-8-21-12-13)10-14-5-4-7-18-16(14)17-2/h4-8,12,15,20H,3,9-11H2,1-2H3,(H,17,18)/t15-/m0/s1. The highest BCUT2D eigenvalue weighted by molar-refractivity contribution is 7.07. The van der Waals surface area contributed by atoms with E-state index < -0.39 is 0 Å². The van der Waals surface area contributed by atoms with Crippen LogP contribution < -0.4 is 5.32 Å². The first-order chi connectivity index (χ1) is 10.3. The molecule has 0 fully saturated rings. The molecule has 2 aromatic rings. The molecule has 2 heterocycles. The highest BCUT2D eigenvalue weighted by Gasteiger charge is 2.18. The second-order valence-electron chi connectivity index (χ2n) is 5.04. The zero-order valence-corrected chi connectivity index (χ0v) is 13.4. The first-order valence-corrected chi connectivity index (χ1v) is 8.20. The molecule has 0 aliphatic carbocycles. The quantitative estimate of drug-likeness (QED) is 0.787. The van der Waals surface area contributed by atoms with Crippen molar-refractivity contribution in [3.63, 3.8) is 0 Å². The molecule has 0 saturated heterocycles. The summed E-state index contributed by atoms with van der Waals surface area (Å²) in [6.07, 6.45) is 2.72. The van der Waals surface area contributed by atoms with Gasteiger partial charge in [-0.1, -0.05) is 13.0 Å². The van der Waals surface area contributed by atoms with Crippen molar-refractivity contribution in [2.24, 2.45) is 0 Å². The van der Waals surface area contributed by atoms with Crippen molar-refractivity contribution in [3.8, 4) is 0 Å². The fraction of sp³-hybridized carbons (Fsp3) is 0.438. The summed E-state index contributed by atoms with van der Waals surface area (Å²) in [7, 11) is 1.89. The number of aliphatic hydroxyl groups is 1. The second kappa shape index (κ2) is 8.12. The largest absolute Gasteiger partial charge is 0.395 e. The summed E-state index contributed by atoms with van der Waals surface area (Å²) in [5, 5.41) is 17.1. The van der Waals surface area contributed by atoms with Crippen LogP contribution in [0.1, 0.15) is 24.5 Å². The molecule has 0 radical (unpaired) electrons. The van der Waals surface area contributed by atoms with Gasteiger partial charge in [0.2, 0.25) is 0 Å². The Morgan fingerprint density at radius 2 is 2.24 bits per heavy atom. The lowest BCUT2D eigenvalue weighted by Gasteiger charge is -2.30. The van der Waals surface area contributed by atoms with Crippen LogP contribution in [0.4, 0.5) is 5.82 Å². The lowest BCUT2D eigenvalue weighted by Crippen LogP contribution is -2.36. The normalized spacial score (nSPS) is 12.6. The Labute approximate surface area is 130 Å². The van der Waals surface area contributed by atoms with E-state index in [-0.39, 0.29) is 12.6 Å². The molecule has 5 heteroatoms. The summed E-state index contributed by atoms with van der Waals surface area (Å²) in [5.41, 5.74) is 2.45. The van der Waals surface area contributed by atoms with Crippen molar-refractivity contribution in [3.05, 3.63) is 46.3 Å². The van der Waals surface area contributed by atoms with Crippen LogP contribution in [0, 0.1) is 0 Å². The molecule has 2 N–H and O–H groups in total. The van der Waals surface area contributed by atoms with E-state index in [1.54, 1.807) is 17.5 Å². The Balaban J connectivity index is 2.18. The predicted octanol–water partition coefficient (Wildman–Crippen LogP) is 2.96. The maximum absolute atomic E-state index is 9.66. The number of hydrogen-bond acceptors (Lipinski definition) is 5. The van der Waals surface area contributed by atoms with Gasteiger partial charge in [0.25, 0.3) is 0 Å². The summed E-state index contributed by atoms with van der Waals surface area (Å²) >= 11 is 1.71. The van der Waals surface area contributed by atoms with Gasteiger partial charge in [-0.3, -0.25) is 4.90 Å². The Kier molecular flexibility index (Phi) is 6.17. The zero-order valence-electron chi connectivity index (χ0n) is 12.6. The van der Waals surface area contributed by atoms with Gasteiger partial charge in [-0.25, -0.2) is 4.98 Å². The summed E-state index contributed by atoms with van der Waals surface area (Å²) in [4.78, 5) is 6.68. The van der Waals surface area contributed by atoms with Crippen molar-refractivity contribution < 1.29 is 5.11 Å². The lowest BCUT2D eigenvalue weighted by molar-refractivity contribution is 0.107. The fourth-order valence-corrected chi connectivity index (χ4v) is 3.10. The number of nitrogens with zero attached hydrogens (tertiary/aromatic N) is 2.